The van der Waals surface area contributed by atoms with E-state index in [1.54, 1.807) is 0 Å². The summed E-state index contributed by atoms with van der Waals surface area (Å²) >= 11 is 0. The molecule has 0 bridgehead atoms. The molecule has 0 saturated carbocycles. The van der Waals surface area contributed by atoms with Gasteiger partial charge in [-0.3, -0.25) is 0 Å². The molecule has 13 heteroatoms. The molecule has 13 nitrogen and oxygen atoms in total. The number of aliphatic hydroxyl groups is 8. The molecule has 2 saturated heterocycles. The summed E-state index contributed by atoms with van der Waals surface area (Å²) in [6.45, 7) is 1.03. The van der Waals surface area contributed by atoms with E-state index in [0.29, 0.717) is 6.61 Å². The molecule has 0 aromatic rings. The predicted octanol–water partition coefficient (Wildman–Crippen LogP) is 0.486. The molecule has 8 N–H and O–H groups in total. The van der Waals surface area contributed by atoms with Crippen molar-refractivity contribution in [3.05, 3.63) is 0 Å². The lowest BCUT2D eigenvalue weighted by Crippen LogP contribution is -2.59. The number of hydrogen-bond donors (Lipinski definition) is 8. The third kappa shape index (κ3) is 13.7. The van der Waals surface area contributed by atoms with Gasteiger partial charge in [-0.05, 0) is 6.42 Å². The molecule has 0 aliphatic carbocycles. The van der Waals surface area contributed by atoms with Gasteiger partial charge in [0.1, 0.15) is 54.9 Å². The summed E-state index contributed by atoms with van der Waals surface area (Å²) in [5.74, 6) is 0. The Morgan fingerprint density at radius 3 is 1.57 bits per heavy atom. The molecule has 1 unspecified atom stereocenters. The largest absolute Gasteiger partial charge is 0.394 e. The molecule has 44 heavy (non-hydrogen) atoms. The number of rotatable bonds is 25. The third-order valence-corrected chi connectivity index (χ3v) is 8.42. The number of hydrogen-bond acceptors (Lipinski definition) is 13. The average molecular weight is 641 g/mol. The fourth-order valence-electron chi connectivity index (χ4n) is 5.53. The van der Waals surface area contributed by atoms with Crippen LogP contribution in [0.5, 0.6) is 0 Å². The Morgan fingerprint density at radius 2 is 1.07 bits per heavy atom. The Bertz CT molecular complexity index is 701. The van der Waals surface area contributed by atoms with Crippen molar-refractivity contribution in [3.63, 3.8) is 0 Å². The van der Waals surface area contributed by atoms with Gasteiger partial charge in [0.05, 0.1) is 26.4 Å². The molecule has 2 aliphatic rings. The van der Waals surface area contributed by atoms with Crippen LogP contribution in [-0.4, -0.2) is 141 Å². The molecule has 2 fully saturated rings. The Labute approximate surface area is 262 Å². The quantitative estimate of drug-likeness (QED) is 0.0640. The summed E-state index contributed by atoms with van der Waals surface area (Å²) in [6.07, 6.45) is 2.41. The van der Waals surface area contributed by atoms with Gasteiger partial charge in [-0.1, -0.05) is 90.4 Å². The van der Waals surface area contributed by atoms with Crippen LogP contribution in [0.3, 0.4) is 0 Å². The van der Waals surface area contributed by atoms with Crippen molar-refractivity contribution in [3.8, 4) is 0 Å². The number of aliphatic hydroxyl groups excluding tert-OH is 8. The van der Waals surface area contributed by atoms with E-state index in [4.69, 9.17) is 23.7 Å². The van der Waals surface area contributed by atoms with Gasteiger partial charge < -0.3 is 64.5 Å². The lowest BCUT2D eigenvalue weighted by Gasteiger charge is -2.40. The van der Waals surface area contributed by atoms with Crippen LogP contribution < -0.4 is 0 Å². The third-order valence-electron chi connectivity index (χ3n) is 8.42. The summed E-state index contributed by atoms with van der Waals surface area (Å²) < 4.78 is 28.0. The van der Waals surface area contributed by atoms with E-state index in [9.17, 15) is 40.9 Å². The SMILES string of the molecule is CCCCCCCCCCCCCCCCOC(CO[C@@H]1O[C@H]([C@H](O)CO)[C@H](O)[C@@H]1O)CO[C@@H]1O[C@H](CO)[C@@H](O)[C@H](O)[C@H]1O. The zero-order chi connectivity index (χ0) is 32.3. The van der Waals surface area contributed by atoms with E-state index >= 15 is 0 Å². The van der Waals surface area contributed by atoms with Crippen LogP contribution in [0.15, 0.2) is 0 Å². The van der Waals surface area contributed by atoms with E-state index < -0.39 is 80.7 Å². The second-order valence-electron chi connectivity index (χ2n) is 12.2. The van der Waals surface area contributed by atoms with Crippen LogP contribution in [0.1, 0.15) is 96.8 Å². The maximum atomic E-state index is 10.3. The molecule has 2 rings (SSSR count). The van der Waals surface area contributed by atoms with Gasteiger partial charge >= 0.3 is 0 Å². The van der Waals surface area contributed by atoms with Crippen molar-refractivity contribution in [2.75, 3.05) is 33.0 Å². The van der Waals surface area contributed by atoms with E-state index in [0.717, 1.165) is 19.3 Å². The van der Waals surface area contributed by atoms with Crippen molar-refractivity contribution in [2.45, 2.75) is 164 Å². The number of unbranched alkanes of at least 4 members (excludes halogenated alkanes) is 13. The van der Waals surface area contributed by atoms with Crippen LogP contribution in [-0.2, 0) is 23.7 Å². The van der Waals surface area contributed by atoms with Crippen molar-refractivity contribution in [1.29, 1.82) is 0 Å². The zero-order valence-corrected chi connectivity index (χ0v) is 26.4. The van der Waals surface area contributed by atoms with Crippen LogP contribution in [0.4, 0.5) is 0 Å². The highest BCUT2D eigenvalue weighted by molar-refractivity contribution is 4.91. The first-order valence-corrected chi connectivity index (χ1v) is 16.7. The van der Waals surface area contributed by atoms with E-state index in [-0.39, 0.29) is 13.2 Å². The summed E-state index contributed by atoms with van der Waals surface area (Å²) in [5, 5.41) is 79.2. The van der Waals surface area contributed by atoms with Gasteiger partial charge in [0.15, 0.2) is 12.6 Å². The fraction of sp³-hybridized carbons (Fsp3) is 1.00. The summed E-state index contributed by atoms with van der Waals surface area (Å²) in [5.41, 5.74) is 0. The normalized spacial score (nSPS) is 32.2. The van der Waals surface area contributed by atoms with Gasteiger partial charge in [0.2, 0.25) is 0 Å². The minimum absolute atomic E-state index is 0.160. The fourth-order valence-corrected chi connectivity index (χ4v) is 5.53. The minimum atomic E-state index is -1.59. The molecule has 11 atom stereocenters. The predicted molar refractivity (Wildman–Crippen MR) is 159 cm³/mol. The summed E-state index contributed by atoms with van der Waals surface area (Å²) in [4.78, 5) is 0. The molecular weight excluding hydrogens is 580 g/mol. The van der Waals surface area contributed by atoms with Crippen LogP contribution in [0.25, 0.3) is 0 Å². The van der Waals surface area contributed by atoms with Crippen molar-refractivity contribution in [1.82, 2.24) is 0 Å². The van der Waals surface area contributed by atoms with Crippen molar-refractivity contribution >= 4 is 0 Å². The first kappa shape index (κ1) is 39.7. The lowest BCUT2D eigenvalue weighted by molar-refractivity contribution is -0.307. The second kappa shape index (κ2) is 22.9. The Kier molecular flexibility index (Phi) is 20.7. The number of ether oxygens (including phenoxy) is 5. The summed E-state index contributed by atoms with van der Waals surface area (Å²) in [7, 11) is 0. The van der Waals surface area contributed by atoms with Gasteiger partial charge in [0.25, 0.3) is 0 Å². The second-order valence-corrected chi connectivity index (χ2v) is 12.2. The van der Waals surface area contributed by atoms with Gasteiger partial charge in [-0.15, -0.1) is 0 Å². The van der Waals surface area contributed by atoms with Gasteiger partial charge in [-0.25, -0.2) is 0 Å². The maximum absolute atomic E-state index is 10.3. The van der Waals surface area contributed by atoms with E-state index in [1.165, 1.54) is 70.6 Å². The average Bonchev–Trinajstić information content (AvgIpc) is 3.31. The lowest BCUT2D eigenvalue weighted by atomic mass is 9.99. The molecule has 0 amide bonds. The highest BCUT2D eigenvalue weighted by Gasteiger charge is 2.47. The van der Waals surface area contributed by atoms with Crippen molar-refractivity contribution in [2.24, 2.45) is 0 Å². The molecule has 0 aromatic heterocycles. The molecular formula is C31H60O13. The monoisotopic (exact) mass is 640 g/mol. The van der Waals surface area contributed by atoms with E-state index in [1.807, 2.05) is 0 Å². The molecule has 0 radical (unpaired) electrons. The maximum Gasteiger partial charge on any atom is 0.186 e. The molecule has 0 spiro atoms. The van der Waals surface area contributed by atoms with Crippen LogP contribution >= 0.6 is 0 Å². The van der Waals surface area contributed by atoms with Crippen LogP contribution in [0.2, 0.25) is 0 Å². The smallest absolute Gasteiger partial charge is 0.186 e. The Morgan fingerprint density at radius 1 is 0.591 bits per heavy atom. The Hall–Kier alpha value is -0.520. The zero-order valence-electron chi connectivity index (χ0n) is 26.4. The topological polar surface area (TPSA) is 208 Å². The highest BCUT2D eigenvalue weighted by Crippen LogP contribution is 2.26. The van der Waals surface area contributed by atoms with Crippen molar-refractivity contribution < 1.29 is 64.5 Å². The Balaban J connectivity index is 1.73. The van der Waals surface area contributed by atoms with E-state index in [2.05, 4.69) is 6.92 Å². The first-order valence-electron chi connectivity index (χ1n) is 16.7. The standard InChI is InChI=1S/C31H60O13/c1-2-3-4-5-6-7-8-9-10-11-12-13-14-15-16-40-21(19-41-30-27(38)25(36)24(35)23(18-33)43-30)20-42-31-28(39)26(37)29(44-31)22(34)17-32/h21-39H,2-20H2,1H3/t21?,22-,23-,24-,25+,26-,27-,28+,29-,30-,31-/m1/s1. The highest BCUT2D eigenvalue weighted by atomic mass is 16.7. The molecule has 2 aliphatic heterocycles. The van der Waals surface area contributed by atoms with Crippen LogP contribution in [0, 0.1) is 0 Å². The van der Waals surface area contributed by atoms with Gasteiger partial charge in [-0.2, -0.15) is 0 Å². The molecule has 262 valence electrons. The first-order chi connectivity index (χ1) is 21.2. The molecule has 2 heterocycles. The minimum Gasteiger partial charge on any atom is -0.394 e. The van der Waals surface area contributed by atoms with Gasteiger partial charge in [0, 0.05) is 6.61 Å². The molecule has 0 aromatic carbocycles. The summed E-state index contributed by atoms with van der Waals surface area (Å²) in [6, 6.07) is 0.